The smallest absolute Gasteiger partial charge is 0.261 e. The lowest BCUT2D eigenvalue weighted by molar-refractivity contribution is -0.118. The number of benzene rings is 2. The van der Waals surface area contributed by atoms with Gasteiger partial charge in [0.15, 0.2) is 5.78 Å². The van der Waals surface area contributed by atoms with E-state index in [-0.39, 0.29) is 11.2 Å². The van der Waals surface area contributed by atoms with Crippen molar-refractivity contribution in [2.45, 2.75) is 32.7 Å². The van der Waals surface area contributed by atoms with Gasteiger partial charge in [-0.25, -0.2) is 9.07 Å². The number of halogens is 3. The zero-order valence-electron chi connectivity index (χ0n) is 18.5. The van der Waals surface area contributed by atoms with Crippen LogP contribution >= 0.6 is 23.2 Å². The first-order valence-corrected chi connectivity index (χ1v) is 11.5. The quantitative estimate of drug-likeness (QED) is 0.448. The fraction of sp³-hybridized carbons (Fsp3) is 0.240. The summed E-state index contributed by atoms with van der Waals surface area (Å²) >= 11 is 12.7. The van der Waals surface area contributed by atoms with E-state index in [1.165, 1.54) is 30.5 Å². The number of carbonyl (C=O) groups is 2. The SMILES string of the molecule is CC1(C)CC(=O)C2=C(C1)Nc1c(C(=O)Nc3ccc(F)cc3)cnn1[C@@H]2c1ccc(Cl)cc1Cl. The topological polar surface area (TPSA) is 76.0 Å². The Morgan fingerprint density at radius 2 is 1.91 bits per heavy atom. The molecule has 0 saturated heterocycles. The number of nitrogens with zero attached hydrogens (tertiary/aromatic N) is 2. The van der Waals surface area contributed by atoms with Gasteiger partial charge in [0, 0.05) is 39.0 Å². The van der Waals surface area contributed by atoms with Gasteiger partial charge in [0.25, 0.3) is 5.91 Å². The molecule has 5 rings (SSSR count). The van der Waals surface area contributed by atoms with Crippen LogP contribution < -0.4 is 10.6 Å². The number of aromatic nitrogens is 2. The lowest BCUT2D eigenvalue weighted by Gasteiger charge is -2.39. The molecule has 3 aromatic rings. The van der Waals surface area contributed by atoms with E-state index in [9.17, 15) is 14.0 Å². The van der Waals surface area contributed by atoms with Gasteiger partial charge in [0.1, 0.15) is 23.2 Å². The maximum Gasteiger partial charge on any atom is 0.261 e. The molecule has 0 unspecified atom stereocenters. The maximum absolute atomic E-state index is 13.3. The number of anilines is 2. The molecule has 174 valence electrons. The minimum absolute atomic E-state index is 0.00762. The van der Waals surface area contributed by atoms with Gasteiger partial charge in [0.05, 0.1) is 6.20 Å². The normalized spacial score (nSPS) is 18.7. The summed E-state index contributed by atoms with van der Waals surface area (Å²) in [4.78, 5) is 26.4. The van der Waals surface area contributed by atoms with E-state index in [0.717, 1.165) is 5.70 Å². The molecule has 34 heavy (non-hydrogen) atoms. The van der Waals surface area contributed by atoms with Crippen molar-refractivity contribution >= 4 is 46.4 Å². The fourth-order valence-electron chi connectivity index (χ4n) is 4.62. The molecule has 2 aliphatic rings. The molecule has 2 N–H and O–H groups in total. The van der Waals surface area contributed by atoms with Crippen molar-refractivity contribution in [2.75, 3.05) is 10.6 Å². The zero-order valence-corrected chi connectivity index (χ0v) is 20.0. The lowest BCUT2D eigenvalue weighted by atomic mass is 9.73. The molecule has 0 radical (unpaired) electrons. The van der Waals surface area contributed by atoms with Crippen LogP contribution in [0.2, 0.25) is 10.0 Å². The van der Waals surface area contributed by atoms with Crippen LogP contribution in [0.4, 0.5) is 15.9 Å². The fourth-order valence-corrected chi connectivity index (χ4v) is 5.13. The number of ketones is 1. The van der Waals surface area contributed by atoms with Crippen molar-refractivity contribution in [3.8, 4) is 0 Å². The van der Waals surface area contributed by atoms with E-state index in [4.69, 9.17) is 23.2 Å². The predicted molar refractivity (Wildman–Crippen MR) is 130 cm³/mol. The molecule has 1 aliphatic heterocycles. The summed E-state index contributed by atoms with van der Waals surface area (Å²) < 4.78 is 14.9. The first-order chi connectivity index (χ1) is 16.1. The average molecular weight is 499 g/mol. The molecule has 1 aliphatic carbocycles. The predicted octanol–water partition coefficient (Wildman–Crippen LogP) is 6.24. The van der Waals surface area contributed by atoms with Gasteiger partial charge in [-0.1, -0.05) is 43.1 Å². The van der Waals surface area contributed by atoms with Gasteiger partial charge in [0.2, 0.25) is 0 Å². The molecule has 0 fully saturated rings. The van der Waals surface area contributed by atoms with Gasteiger partial charge in [-0.05, 0) is 48.2 Å². The maximum atomic E-state index is 13.3. The first kappa shape index (κ1) is 22.6. The van der Waals surface area contributed by atoms with Crippen molar-refractivity contribution in [1.82, 2.24) is 9.78 Å². The number of nitrogens with one attached hydrogen (secondary N) is 2. The molecule has 2 heterocycles. The average Bonchev–Trinajstić information content (AvgIpc) is 3.17. The molecule has 1 atom stereocenters. The number of hydrogen-bond donors (Lipinski definition) is 2. The van der Waals surface area contributed by atoms with Crippen LogP contribution in [0.25, 0.3) is 0 Å². The van der Waals surface area contributed by atoms with Gasteiger partial charge in [-0.15, -0.1) is 0 Å². The summed E-state index contributed by atoms with van der Waals surface area (Å²) in [6.07, 6.45) is 2.47. The Hall–Kier alpha value is -3.16. The van der Waals surface area contributed by atoms with Gasteiger partial charge >= 0.3 is 0 Å². The Kier molecular flexibility index (Phi) is 5.49. The number of amides is 1. The van der Waals surface area contributed by atoms with Crippen LogP contribution in [0.1, 0.15) is 48.7 Å². The van der Waals surface area contributed by atoms with Crippen LogP contribution in [0.5, 0.6) is 0 Å². The summed E-state index contributed by atoms with van der Waals surface area (Å²) in [6, 6.07) is 10.0. The second-order valence-electron chi connectivity index (χ2n) is 9.34. The van der Waals surface area contributed by atoms with Gasteiger partial charge in [-0.2, -0.15) is 5.10 Å². The Bertz CT molecular complexity index is 1360. The van der Waals surface area contributed by atoms with Gasteiger partial charge < -0.3 is 10.6 Å². The largest absolute Gasteiger partial charge is 0.343 e. The van der Waals surface area contributed by atoms with Crippen molar-refractivity contribution in [3.05, 3.63) is 86.9 Å². The molecule has 2 aromatic carbocycles. The van der Waals surface area contributed by atoms with Gasteiger partial charge in [-0.3, -0.25) is 9.59 Å². The first-order valence-electron chi connectivity index (χ1n) is 10.8. The van der Waals surface area contributed by atoms with Crippen molar-refractivity contribution in [2.24, 2.45) is 5.41 Å². The van der Waals surface area contributed by atoms with Crippen LogP contribution in [0, 0.1) is 11.2 Å². The Labute approximate surface area is 205 Å². The van der Waals surface area contributed by atoms with E-state index in [1.807, 2.05) is 13.8 Å². The van der Waals surface area contributed by atoms with E-state index in [1.54, 1.807) is 22.9 Å². The third-order valence-corrected chi connectivity index (χ3v) is 6.67. The highest BCUT2D eigenvalue weighted by Crippen LogP contribution is 2.47. The Morgan fingerprint density at radius 3 is 2.62 bits per heavy atom. The summed E-state index contributed by atoms with van der Waals surface area (Å²) in [5, 5.41) is 11.4. The molecule has 6 nitrogen and oxygen atoms in total. The monoisotopic (exact) mass is 498 g/mol. The zero-order chi connectivity index (χ0) is 24.2. The van der Waals surface area contributed by atoms with E-state index < -0.39 is 17.8 Å². The van der Waals surface area contributed by atoms with Crippen molar-refractivity contribution in [1.29, 1.82) is 0 Å². The van der Waals surface area contributed by atoms with Crippen molar-refractivity contribution < 1.29 is 14.0 Å². The Morgan fingerprint density at radius 1 is 1.18 bits per heavy atom. The molecule has 0 saturated carbocycles. The molecule has 1 amide bonds. The number of rotatable bonds is 3. The summed E-state index contributed by atoms with van der Waals surface area (Å²) in [5.41, 5.74) is 2.51. The number of Topliss-reactive ketones (excluding diaryl/α,β-unsaturated/α-hetero) is 1. The van der Waals surface area contributed by atoms with Crippen LogP contribution in [-0.4, -0.2) is 21.5 Å². The standard InChI is InChI=1S/C25H21Cl2FN4O2/c1-25(2)10-19-21(20(33)11-25)22(16-8-3-13(26)9-18(16)27)32-23(31-19)17(12-29-32)24(34)30-15-6-4-14(28)5-7-15/h3-9,12,22,31H,10-11H2,1-2H3,(H,30,34)/t22-/m1/s1. The lowest BCUT2D eigenvalue weighted by Crippen LogP contribution is -2.37. The minimum Gasteiger partial charge on any atom is -0.343 e. The molecular weight excluding hydrogens is 478 g/mol. The summed E-state index contributed by atoms with van der Waals surface area (Å²) in [7, 11) is 0. The number of allylic oxidation sites excluding steroid dienone is 2. The van der Waals surface area contributed by atoms with Crippen LogP contribution in [-0.2, 0) is 4.79 Å². The molecule has 1 aromatic heterocycles. The van der Waals surface area contributed by atoms with Crippen LogP contribution in [0.3, 0.4) is 0 Å². The molecule has 0 spiro atoms. The second kappa shape index (κ2) is 8.25. The highest BCUT2D eigenvalue weighted by Gasteiger charge is 2.42. The van der Waals surface area contributed by atoms with E-state index >= 15 is 0 Å². The Balaban J connectivity index is 1.61. The molecule has 0 bridgehead atoms. The molecular formula is C25H21Cl2FN4O2. The highest BCUT2D eigenvalue weighted by molar-refractivity contribution is 6.35. The number of carbonyl (C=O) groups excluding carboxylic acids is 2. The van der Waals surface area contributed by atoms with E-state index in [2.05, 4.69) is 15.7 Å². The minimum atomic E-state index is -0.605. The second-order valence-corrected chi connectivity index (χ2v) is 10.2. The third-order valence-electron chi connectivity index (χ3n) is 6.11. The van der Waals surface area contributed by atoms with E-state index in [0.29, 0.717) is 51.1 Å². The third kappa shape index (κ3) is 3.99. The van der Waals surface area contributed by atoms with Crippen molar-refractivity contribution in [3.63, 3.8) is 0 Å². The van der Waals surface area contributed by atoms with Crippen LogP contribution in [0.15, 0.2) is 59.9 Å². The molecule has 9 heteroatoms. The summed E-state index contributed by atoms with van der Waals surface area (Å²) in [6.45, 7) is 4.07. The number of hydrogen-bond acceptors (Lipinski definition) is 4. The number of fused-ring (bicyclic) bond motifs is 1. The highest BCUT2D eigenvalue weighted by atomic mass is 35.5. The summed E-state index contributed by atoms with van der Waals surface area (Å²) in [5.74, 6) is -0.339.